The highest BCUT2D eigenvalue weighted by molar-refractivity contribution is 14.1. The van der Waals surface area contributed by atoms with E-state index in [9.17, 15) is 10.1 Å². The van der Waals surface area contributed by atoms with Crippen molar-refractivity contribution >= 4 is 45.3 Å². The summed E-state index contributed by atoms with van der Waals surface area (Å²) in [5, 5.41) is 16.1. The van der Waals surface area contributed by atoms with E-state index in [-0.39, 0.29) is 5.57 Å². The Morgan fingerprint density at radius 1 is 1.15 bits per heavy atom. The summed E-state index contributed by atoms with van der Waals surface area (Å²) in [5.41, 5.74) is 3.10. The molecule has 6 nitrogen and oxygen atoms in total. The van der Waals surface area contributed by atoms with Crippen LogP contribution in [0.15, 0.2) is 66.2 Å². The maximum Gasteiger partial charge on any atom is 0.289 e. The molecule has 0 spiro atoms. The summed E-state index contributed by atoms with van der Waals surface area (Å²) in [6.07, 6.45) is 1.54. The van der Waals surface area contributed by atoms with Gasteiger partial charge in [0.2, 0.25) is 0 Å². The molecule has 34 heavy (non-hydrogen) atoms. The molecular weight excluding hydrogens is 541 g/mol. The number of nitriles is 1. The van der Waals surface area contributed by atoms with E-state index in [1.54, 1.807) is 33.1 Å². The summed E-state index contributed by atoms with van der Waals surface area (Å²) in [4.78, 5) is 12.8. The molecule has 0 aliphatic heterocycles. The predicted molar refractivity (Wildman–Crippen MR) is 140 cm³/mol. The molecule has 4 aromatic rings. The number of carbonyl (C=O) groups is 1. The summed E-state index contributed by atoms with van der Waals surface area (Å²) < 4.78 is 13.8. The van der Waals surface area contributed by atoms with Gasteiger partial charge in [0.05, 0.1) is 16.4 Å². The molecule has 1 aromatic heterocycles. The lowest BCUT2D eigenvalue weighted by Gasteiger charge is -2.15. The van der Waals surface area contributed by atoms with Crippen molar-refractivity contribution in [1.29, 1.82) is 5.26 Å². The van der Waals surface area contributed by atoms with Gasteiger partial charge in [-0.25, -0.2) is 4.68 Å². The Balaban J connectivity index is 1.63. The first-order chi connectivity index (χ1) is 16.4. The molecule has 170 valence electrons. The number of fused-ring (bicyclic) bond motifs is 1. The number of nitrogens with zero attached hydrogens (tertiary/aromatic N) is 3. The molecule has 4 rings (SSSR count). The number of ether oxygens (including phenoxy) is 2. The number of carbonyl (C=O) groups excluding carboxylic acids is 1. The summed E-state index contributed by atoms with van der Waals surface area (Å²) in [6.45, 7) is 3.96. The van der Waals surface area contributed by atoms with Crippen LogP contribution in [0.4, 0.5) is 0 Å². The molecule has 0 radical (unpaired) electrons. The van der Waals surface area contributed by atoms with Crippen LogP contribution in [0.25, 0.3) is 16.8 Å². The Labute approximate surface area is 211 Å². The minimum Gasteiger partial charge on any atom is -0.493 e. The zero-order valence-electron chi connectivity index (χ0n) is 19.0. The second-order valence-corrected chi connectivity index (χ2v) is 8.94. The Morgan fingerprint density at radius 2 is 1.91 bits per heavy atom. The molecule has 0 aliphatic rings. The summed E-state index contributed by atoms with van der Waals surface area (Å²) >= 11 is 2.17. The van der Waals surface area contributed by atoms with Gasteiger partial charge in [0.1, 0.15) is 18.2 Å². The van der Waals surface area contributed by atoms with Crippen LogP contribution in [-0.2, 0) is 6.61 Å². The number of halogens is 1. The van der Waals surface area contributed by atoms with E-state index < -0.39 is 5.91 Å². The number of hydrogen-bond acceptors (Lipinski definition) is 5. The first kappa shape index (κ1) is 23.5. The molecule has 0 amide bonds. The lowest BCUT2D eigenvalue weighted by Crippen LogP contribution is -2.15. The van der Waals surface area contributed by atoms with Crippen molar-refractivity contribution < 1.29 is 14.3 Å². The fraction of sp³-hybridized carbons (Fsp3) is 0.148. The van der Waals surface area contributed by atoms with Crippen LogP contribution in [0.3, 0.4) is 0 Å². The Kier molecular flexibility index (Phi) is 6.98. The van der Waals surface area contributed by atoms with Crippen LogP contribution in [0.1, 0.15) is 27.3 Å². The highest BCUT2D eigenvalue weighted by atomic mass is 127. The Bertz CT molecular complexity index is 1460. The van der Waals surface area contributed by atoms with Crippen molar-refractivity contribution in [2.75, 3.05) is 7.11 Å². The van der Waals surface area contributed by atoms with E-state index in [0.717, 1.165) is 19.9 Å². The van der Waals surface area contributed by atoms with Crippen molar-refractivity contribution in [3.05, 3.63) is 92.3 Å². The standard InChI is InChI=1S/C27H22IN3O3/c1-17-11-18(2)31(30-17)27(32)22(15-29)12-19-13-24(28)26(25(14-19)33-3)34-16-21-9-6-8-20-7-4-5-10-23(20)21/h4-14H,16H2,1-3H3/b22-12+. The number of aryl methyl sites for hydroxylation is 2. The number of allylic oxidation sites excluding steroid dienone is 1. The number of hydrogen-bond donors (Lipinski definition) is 0. The van der Waals surface area contributed by atoms with Crippen LogP contribution in [0.5, 0.6) is 11.5 Å². The summed E-state index contributed by atoms with van der Waals surface area (Å²) in [5.74, 6) is 0.657. The van der Waals surface area contributed by atoms with Gasteiger partial charge in [0.25, 0.3) is 5.91 Å². The average Bonchev–Trinajstić information content (AvgIpc) is 3.18. The number of rotatable bonds is 6. The van der Waals surface area contributed by atoms with Gasteiger partial charge in [-0.05, 0) is 82.6 Å². The first-order valence-corrected chi connectivity index (χ1v) is 11.7. The molecule has 0 bridgehead atoms. The molecule has 0 aliphatic carbocycles. The molecule has 0 atom stereocenters. The van der Waals surface area contributed by atoms with E-state index >= 15 is 0 Å². The van der Waals surface area contributed by atoms with Gasteiger partial charge in [-0.15, -0.1) is 0 Å². The summed E-state index contributed by atoms with van der Waals surface area (Å²) in [6, 6.07) is 21.7. The average molecular weight is 563 g/mol. The maximum absolute atomic E-state index is 12.8. The van der Waals surface area contributed by atoms with Gasteiger partial charge in [-0.1, -0.05) is 42.5 Å². The molecule has 0 saturated carbocycles. The third-order valence-electron chi connectivity index (χ3n) is 5.37. The fourth-order valence-corrected chi connectivity index (χ4v) is 4.57. The van der Waals surface area contributed by atoms with Gasteiger partial charge >= 0.3 is 0 Å². The van der Waals surface area contributed by atoms with Gasteiger partial charge < -0.3 is 9.47 Å². The fourth-order valence-electron chi connectivity index (χ4n) is 3.79. The molecule has 0 saturated heterocycles. The van der Waals surface area contributed by atoms with Gasteiger partial charge in [-0.3, -0.25) is 4.79 Å². The zero-order valence-corrected chi connectivity index (χ0v) is 21.2. The number of methoxy groups -OCH3 is 1. The molecule has 0 fully saturated rings. The van der Waals surface area contributed by atoms with Gasteiger partial charge in [0.15, 0.2) is 11.5 Å². The van der Waals surface area contributed by atoms with E-state index in [1.165, 1.54) is 10.8 Å². The summed E-state index contributed by atoms with van der Waals surface area (Å²) in [7, 11) is 1.57. The highest BCUT2D eigenvalue weighted by Gasteiger charge is 2.17. The quantitative estimate of drug-likeness (QED) is 0.161. The molecule has 0 N–H and O–H groups in total. The smallest absolute Gasteiger partial charge is 0.289 e. The lowest BCUT2D eigenvalue weighted by molar-refractivity contribution is 0.0943. The van der Waals surface area contributed by atoms with Crippen molar-refractivity contribution in [3.63, 3.8) is 0 Å². The minimum atomic E-state index is -0.474. The lowest BCUT2D eigenvalue weighted by atomic mass is 10.1. The van der Waals surface area contributed by atoms with Crippen molar-refractivity contribution in [2.24, 2.45) is 0 Å². The molecule has 0 unspecified atom stereocenters. The topological polar surface area (TPSA) is 77.1 Å². The maximum atomic E-state index is 12.8. The van der Waals surface area contributed by atoms with E-state index in [4.69, 9.17) is 9.47 Å². The highest BCUT2D eigenvalue weighted by Crippen LogP contribution is 2.35. The molecule has 1 heterocycles. The Hall–Kier alpha value is -3.64. The van der Waals surface area contributed by atoms with E-state index in [0.29, 0.717) is 35.1 Å². The second kappa shape index (κ2) is 10.1. The van der Waals surface area contributed by atoms with Crippen LogP contribution < -0.4 is 9.47 Å². The van der Waals surface area contributed by atoms with Gasteiger partial charge in [-0.2, -0.15) is 10.4 Å². The van der Waals surface area contributed by atoms with Crippen LogP contribution in [-0.4, -0.2) is 22.8 Å². The van der Waals surface area contributed by atoms with Crippen LogP contribution in [0, 0.1) is 28.7 Å². The largest absolute Gasteiger partial charge is 0.493 e. The monoisotopic (exact) mass is 563 g/mol. The van der Waals surface area contributed by atoms with Crippen LogP contribution in [0.2, 0.25) is 0 Å². The number of benzene rings is 3. The normalized spacial score (nSPS) is 11.3. The number of aromatic nitrogens is 2. The first-order valence-electron chi connectivity index (χ1n) is 10.6. The molecule has 7 heteroatoms. The minimum absolute atomic E-state index is 0.0199. The Morgan fingerprint density at radius 3 is 2.62 bits per heavy atom. The van der Waals surface area contributed by atoms with Crippen molar-refractivity contribution in [3.8, 4) is 17.6 Å². The van der Waals surface area contributed by atoms with Gasteiger partial charge in [0, 0.05) is 5.69 Å². The SMILES string of the molecule is COc1cc(/C=C(\C#N)C(=O)n2nc(C)cc2C)cc(I)c1OCc1cccc2ccccc12. The predicted octanol–water partition coefficient (Wildman–Crippen LogP) is 6.09. The third kappa shape index (κ3) is 4.82. The zero-order chi connectivity index (χ0) is 24.2. The van der Waals surface area contributed by atoms with Crippen molar-refractivity contribution in [2.45, 2.75) is 20.5 Å². The van der Waals surface area contributed by atoms with E-state index in [1.807, 2.05) is 36.4 Å². The molecule has 3 aromatic carbocycles. The third-order valence-corrected chi connectivity index (χ3v) is 6.17. The van der Waals surface area contributed by atoms with Crippen molar-refractivity contribution in [1.82, 2.24) is 9.78 Å². The second-order valence-electron chi connectivity index (χ2n) is 7.77. The molecular formula is C27H22IN3O3. The van der Waals surface area contributed by atoms with E-state index in [2.05, 4.69) is 45.9 Å². The van der Waals surface area contributed by atoms with Crippen LogP contribution >= 0.6 is 22.6 Å².